The molecule has 0 bridgehead atoms. The van der Waals surface area contributed by atoms with Crippen LogP contribution in [0.2, 0.25) is 0 Å². The second kappa shape index (κ2) is 6.35. The highest BCUT2D eigenvalue weighted by atomic mass is 16.3. The molecule has 3 aromatic rings. The first-order chi connectivity index (χ1) is 10.7. The van der Waals surface area contributed by atoms with Gasteiger partial charge in [-0.15, -0.1) is 0 Å². The minimum absolute atomic E-state index is 0.0179. The Balaban J connectivity index is 1.65. The van der Waals surface area contributed by atoms with Crippen molar-refractivity contribution in [2.45, 2.75) is 6.54 Å². The third-order valence-corrected chi connectivity index (χ3v) is 3.62. The third-order valence-electron chi connectivity index (χ3n) is 3.62. The second-order valence-corrected chi connectivity index (χ2v) is 5.21. The molecular weight excluding hydrogens is 276 g/mol. The molecule has 0 aliphatic rings. The maximum absolute atomic E-state index is 12.2. The van der Waals surface area contributed by atoms with Crippen LogP contribution in [0.3, 0.4) is 0 Å². The number of hydrogen-bond acceptors (Lipinski definition) is 3. The van der Waals surface area contributed by atoms with E-state index >= 15 is 0 Å². The number of rotatable bonds is 5. The molecular formula is C18H18N2O2. The maximum Gasteiger partial charge on any atom is 0.242 e. The minimum atomic E-state index is 0.0179. The molecule has 0 spiro atoms. The number of fused-ring (bicyclic) bond motifs is 1. The predicted molar refractivity (Wildman–Crippen MR) is 87.6 cm³/mol. The number of amides is 1. The van der Waals surface area contributed by atoms with Gasteiger partial charge in [0, 0.05) is 18.1 Å². The zero-order valence-electron chi connectivity index (χ0n) is 12.5. The van der Waals surface area contributed by atoms with Crippen LogP contribution < -0.4 is 5.32 Å². The molecule has 0 saturated heterocycles. The van der Waals surface area contributed by atoms with Crippen LogP contribution in [-0.4, -0.2) is 24.4 Å². The Morgan fingerprint density at radius 1 is 1.09 bits per heavy atom. The van der Waals surface area contributed by atoms with E-state index < -0.39 is 0 Å². The maximum atomic E-state index is 12.2. The Kier molecular flexibility index (Phi) is 4.10. The Bertz CT molecular complexity index is 760. The van der Waals surface area contributed by atoms with E-state index in [0.29, 0.717) is 6.54 Å². The van der Waals surface area contributed by atoms with Crippen LogP contribution in [0.15, 0.2) is 65.3 Å². The van der Waals surface area contributed by atoms with Crippen LogP contribution in [0.25, 0.3) is 10.8 Å². The number of carbonyl (C=O) groups is 1. The SMILES string of the molecule is CN(Cc1ccco1)C(=O)CNc1cccc2ccccc12. The summed E-state index contributed by atoms with van der Waals surface area (Å²) in [7, 11) is 1.77. The van der Waals surface area contributed by atoms with Gasteiger partial charge in [-0.3, -0.25) is 4.79 Å². The molecule has 0 unspecified atom stereocenters. The van der Waals surface area contributed by atoms with Crippen molar-refractivity contribution in [1.82, 2.24) is 4.90 Å². The molecule has 1 heterocycles. The van der Waals surface area contributed by atoms with E-state index in [9.17, 15) is 4.79 Å². The summed E-state index contributed by atoms with van der Waals surface area (Å²) in [6, 6.07) is 17.8. The molecule has 1 aromatic heterocycles. The molecule has 0 radical (unpaired) electrons. The highest BCUT2D eigenvalue weighted by molar-refractivity contribution is 5.95. The molecule has 0 aliphatic carbocycles. The Hall–Kier alpha value is -2.75. The van der Waals surface area contributed by atoms with Crippen molar-refractivity contribution in [1.29, 1.82) is 0 Å². The summed E-state index contributed by atoms with van der Waals surface area (Å²) in [5, 5.41) is 5.50. The fourth-order valence-corrected chi connectivity index (χ4v) is 2.41. The van der Waals surface area contributed by atoms with Gasteiger partial charge < -0.3 is 14.6 Å². The average Bonchev–Trinajstić information content (AvgIpc) is 3.05. The molecule has 0 aliphatic heterocycles. The number of likely N-dealkylation sites (N-methyl/N-ethyl adjacent to an activating group) is 1. The summed E-state index contributed by atoms with van der Waals surface area (Å²) in [6.45, 7) is 0.730. The fraction of sp³-hybridized carbons (Fsp3) is 0.167. The number of benzene rings is 2. The largest absolute Gasteiger partial charge is 0.467 e. The van der Waals surface area contributed by atoms with Gasteiger partial charge in [-0.05, 0) is 23.6 Å². The summed E-state index contributed by atoms with van der Waals surface area (Å²) in [6.07, 6.45) is 1.61. The quantitative estimate of drug-likeness (QED) is 0.783. The summed E-state index contributed by atoms with van der Waals surface area (Å²) in [5.74, 6) is 0.797. The van der Waals surface area contributed by atoms with Crippen LogP contribution in [0.1, 0.15) is 5.76 Å². The number of nitrogens with zero attached hydrogens (tertiary/aromatic N) is 1. The van der Waals surface area contributed by atoms with Gasteiger partial charge >= 0.3 is 0 Å². The lowest BCUT2D eigenvalue weighted by molar-refractivity contribution is -0.128. The number of anilines is 1. The summed E-state index contributed by atoms with van der Waals surface area (Å²) in [4.78, 5) is 13.9. The van der Waals surface area contributed by atoms with E-state index in [2.05, 4.69) is 23.5 Å². The molecule has 3 rings (SSSR count). The van der Waals surface area contributed by atoms with Gasteiger partial charge in [0.1, 0.15) is 5.76 Å². The van der Waals surface area contributed by atoms with Gasteiger partial charge in [0.2, 0.25) is 5.91 Å². The second-order valence-electron chi connectivity index (χ2n) is 5.21. The molecule has 22 heavy (non-hydrogen) atoms. The van der Waals surface area contributed by atoms with Crippen molar-refractivity contribution >= 4 is 22.4 Å². The van der Waals surface area contributed by atoms with E-state index in [4.69, 9.17) is 4.42 Å². The number of hydrogen-bond donors (Lipinski definition) is 1. The van der Waals surface area contributed by atoms with E-state index in [1.54, 1.807) is 18.2 Å². The summed E-state index contributed by atoms with van der Waals surface area (Å²) in [5.41, 5.74) is 0.970. The van der Waals surface area contributed by atoms with Crippen LogP contribution in [0.5, 0.6) is 0 Å². The topological polar surface area (TPSA) is 45.5 Å². The lowest BCUT2D eigenvalue weighted by Gasteiger charge is -2.17. The first-order valence-electron chi connectivity index (χ1n) is 7.22. The molecule has 4 nitrogen and oxygen atoms in total. The van der Waals surface area contributed by atoms with Crippen molar-refractivity contribution in [3.8, 4) is 0 Å². The molecule has 2 aromatic carbocycles. The van der Waals surface area contributed by atoms with E-state index in [-0.39, 0.29) is 12.5 Å². The zero-order valence-corrected chi connectivity index (χ0v) is 12.5. The highest BCUT2D eigenvalue weighted by Crippen LogP contribution is 2.22. The fourth-order valence-electron chi connectivity index (χ4n) is 2.41. The lowest BCUT2D eigenvalue weighted by atomic mass is 10.1. The number of furan rings is 1. The van der Waals surface area contributed by atoms with Crippen LogP contribution >= 0.6 is 0 Å². The Morgan fingerprint density at radius 3 is 2.73 bits per heavy atom. The monoisotopic (exact) mass is 294 g/mol. The average molecular weight is 294 g/mol. The predicted octanol–water partition coefficient (Wildman–Crippen LogP) is 3.50. The summed E-state index contributed by atoms with van der Waals surface area (Å²) < 4.78 is 5.26. The number of nitrogens with one attached hydrogen (secondary N) is 1. The highest BCUT2D eigenvalue weighted by Gasteiger charge is 2.11. The third kappa shape index (κ3) is 3.11. The van der Waals surface area contributed by atoms with E-state index in [0.717, 1.165) is 22.2 Å². The smallest absolute Gasteiger partial charge is 0.242 e. The van der Waals surface area contributed by atoms with Gasteiger partial charge in [0.05, 0.1) is 19.4 Å². The summed E-state index contributed by atoms with van der Waals surface area (Å²) >= 11 is 0. The van der Waals surface area contributed by atoms with Crippen molar-refractivity contribution in [3.63, 3.8) is 0 Å². The molecule has 0 fully saturated rings. The molecule has 0 atom stereocenters. The lowest BCUT2D eigenvalue weighted by Crippen LogP contribution is -2.31. The van der Waals surface area contributed by atoms with Gasteiger partial charge in [0.15, 0.2) is 0 Å². The van der Waals surface area contributed by atoms with Gasteiger partial charge in [-0.25, -0.2) is 0 Å². The standard InChI is InChI=1S/C18H18N2O2/c1-20(13-15-8-5-11-22-15)18(21)12-19-17-10-4-7-14-6-2-3-9-16(14)17/h2-11,19H,12-13H2,1H3. The van der Waals surface area contributed by atoms with Crippen LogP contribution in [0.4, 0.5) is 5.69 Å². The van der Waals surface area contributed by atoms with E-state index in [1.165, 1.54) is 0 Å². The van der Waals surface area contributed by atoms with E-state index in [1.807, 2.05) is 36.4 Å². The zero-order chi connectivity index (χ0) is 15.4. The Morgan fingerprint density at radius 2 is 1.91 bits per heavy atom. The first-order valence-corrected chi connectivity index (χ1v) is 7.22. The van der Waals surface area contributed by atoms with Crippen molar-refractivity contribution in [2.75, 3.05) is 18.9 Å². The molecule has 112 valence electrons. The van der Waals surface area contributed by atoms with Crippen LogP contribution in [-0.2, 0) is 11.3 Å². The normalized spacial score (nSPS) is 10.6. The van der Waals surface area contributed by atoms with Gasteiger partial charge in [-0.1, -0.05) is 36.4 Å². The Labute approximate surface area is 129 Å². The van der Waals surface area contributed by atoms with Crippen molar-refractivity contribution in [3.05, 3.63) is 66.6 Å². The molecule has 0 saturated carbocycles. The van der Waals surface area contributed by atoms with Gasteiger partial charge in [0.25, 0.3) is 0 Å². The molecule has 4 heteroatoms. The van der Waals surface area contributed by atoms with Gasteiger partial charge in [-0.2, -0.15) is 0 Å². The molecule has 1 N–H and O–H groups in total. The first kappa shape index (κ1) is 14.2. The molecule has 1 amide bonds. The van der Waals surface area contributed by atoms with Crippen molar-refractivity contribution < 1.29 is 9.21 Å². The van der Waals surface area contributed by atoms with Crippen molar-refractivity contribution in [2.24, 2.45) is 0 Å². The number of carbonyl (C=O) groups excluding carboxylic acids is 1. The minimum Gasteiger partial charge on any atom is -0.467 e. The van der Waals surface area contributed by atoms with Crippen LogP contribution in [0, 0.1) is 0 Å².